The van der Waals surface area contributed by atoms with Crippen LogP contribution in [0.1, 0.15) is 19.0 Å². The first-order chi connectivity index (χ1) is 9.67. The van der Waals surface area contributed by atoms with Crippen molar-refractivity contribution in [2.45, 2.75) is 19.9 Å². The first-order valence-electron chi connectivity index (χ1n) is 6.34. The zero-order valence-electron chi connectivity index (χ0n) is 11.1. The average molecular weight is 312 g/mol. The van der Waals surface area contributed by atoms with E-state index in [1.165, 1.54) is 0 Å². The molecule has 0 atom stereocenters. The molecule has 1 N–H and O–H groups in total. The summed E-state index contributed by atoms with van der Waals surface area (Å²) < 4.78 is 5.56. The van der Waals surface area contributed by atoms with E-state index >= 15 is 0 Å². The average Bonchev–Trinajstić information content (AvgIpc) is 2.40. The van der Waals surface area contributed by atoms with Crippen molar-refractivity contribution in [1.29, 1.82) is 0 Å². The highest BCUT2D eigenvalue weighted by molar-refractivity contribution is 6.34. The van der Waals surface area contributed by atoms with Crippen LogP contribution in [0.4, 0.5) is 0 Å². The Morgan fingerprint density at radius 1 is 1.10 bits per heavy atom. The van der Waals surface area contributed by atoms with Gasteiger partial charge in [-0.25, -0.2) is 0 Å². The third-order valence-electron chi connectivity index (χ3n) is 2.49. The summed E-state index contributed by atoms with van der Waals surface area (Å²) in [5.41, 5.74) is 0.870. The lowest BCUT2D eigenvalue weighted by Crippen LogP contribution is -2.15. The van der Waals surface area contributed by atoms with Crippen LogP contribution in [0.5, 0.6) is 11.6 Å². The highest BCUT2D eigenvalue weighted by atomic mass is 35.5. The largest absolute Gasteiger partial charge is 0.437 e. The fourth-order valence-corrected chi connectivity index (χ4v) is 2.10. The number of benzene rings is 1. The molecule has 6 heteroatoms. The van der Waals surface area contributed by atoms with E-state index in [0.29, 0.717) is 28.2 Å². The summed E-state index contributed by atoms with van der Waals surface area (Å²) in [4.78, 5) is 0. The van der Waals surface area contributed by atoms with E-state index < -0.39 is 0 Å². The quantitative estimate of drug-likeness (QED) is 0.817. The molecule has 0 saturated heterocycles. The van der Waals surface area contributed by atoms with Crippen LogP contribution in [0, 0.1) is 0 Å². The molecule has 0 radical (unpaired) electrons. The second-order valence-corrected chi connectivity index (χ2v) is 5.12. The fraction of sp³-hybridized carbons (Fsp3) is 0.286. The number of hydrogen-bond donors (Lipinski definition) is 1. The number of nitrogens with one attached hydrogen (secondary N) is 1. The van der Waals surface area contributed by atoms with Gasteiger partial charge < -0.3 is 10.1 Å². The standard InChI is InChI=1S/C14H15Cl2N3O/c1-2-5-17-9-12-3-4-14(19-18-12)20-13-7-10(15)6-11(16)8-13/h3-4,6-8,17H,2,5,9H2,1H3. The molecule has 2 rings (SSSR count). The first-order valence-corrected chi connectivity index (χ1v) is 7.10. The third-order valence-corrected chi connectivity index (χ3v) is 2.92. The van der Waals surface area contributed by atoms with Crippen LogP contribution in [0.25, 0.3) is 0 Å². The molecule has 0 bridgehead atoms. The summed E-state index contributed by atoms with van der Waals surface area (Å²) in [5.74, 6) is 0.941. The smallest absolute Gasteiger partial charge is 0.238 e. The van der Waals surface area contributed by atoms with Gasteiger partial charge in [0.15, 0.2) is 0 Å². The SMILES string of the molecule is CCCNCc1ccc(Oc2cc(Cl)cc(Cl)c2)nn1. The van der Waals surface area contributed by atoms with Gasteiger partial charge >= 0.3 is 0 Å². The van der Waals surface area contributed by atoms with Gasteiger partial charge in [0.25, 0.3) is 0 Å². The molecule has 0 saturated carbocycles. The van der Waals surface area contributed by atoms with Crippen molar-refractivity contribution in [3.8, 4) is 11.6 Å². The fourth-order valence-electron chi connectivity index (χ4n) is 1.60. The zero-order chi connectivity index (χ0) is 14.4. The van der Waals surface area contributed by atoms with Crippen LogP contribution in [0.2, 0.25) is 10.0 Å². The topological polar surface area (TPSA) is 47.0 Å². The van der Waals surface area contributed by atoms with Gasteiger partial charge in [-0.2, -0.15) is 5.10 Å². The molecule has 106 valence electrons. The van der Waals surface area contributed by atoms with E-state index in [-0.39, 0.29) is 0 Å². The van der Waals surface area contributed by atoms with Crippen molar-refractivity contribution in [2.75, 3.05) is 6.54 Å². The van der Waals surface area contributed by atoms with Crippen molar-refractivity contribution in [3.63, 3.8) is 0 Å². The Balaban J connectivity index is 1.99. The molecule has 0 aliphatic rings. The Kier molecular flexibility index (Phi) is 5.59. The molecule has 1 aromatic heterocycles. The van der Waals surface area contributed by atoms with Gasteiger partial charge in [0.2, 0.25) is 5.88 Å². The molecule has 0 aliphatic carbocycles. The molecule has 0 aliphatic heterocycles. The second kappa shape index (κ2) is 7.43. The lowest BCUT2D eigenvalue weighted by atomic mass is 10.3. The Morgan fingerprint density at radius 2 is 1.85 bits per heavy atom. The van der Waals surface area contributed by atoms with Gasteiger partial charge in [-0.1, -0.05) is 30.1 Å². The summed E-state index contributed by atoms with van der Waals surface area (Å²) in [7, 11) is 0. The molecular formula is C14H15Cl2N3O. The van der Waals surface area contributed by atoms with Gasteiger partial charge in [-0.05, 0) is 37.2 Å². The highest BCUT2D eigenvalue weighted by Crippen LogP contribution is 2.27. The van der Waals surface area contributed by atoms with E-state index in [4.69, 9.17) is 27.9 Å². The van der Waals surface area contributed by atoms with E-state index in [1.807, 2.05) is 6.07 Å². The lowest BCUT2D eigenvalue weighted by molar-refractivity contribution is 0.453. The zero-order valence-corrected chi connectivity index (χ0v) is 12.6. The molecule has 1 aromatic carbocycles. The molecule has 2 aromatic rings. The van der Waals surface area contributed by atoms with E-state index in [2.05, 4.69) is 22.4 Å². The molecule has 0 spiro atoms. The summed E-state index contributed by atoms with van der Waals surface area (Å²) in [6.07, 6.45) is 1.09. The van der Waals surface area contributed by atoms with Crippen molar-refractivity contribution in [3.05, 3.63) is 46.1 Å². The summed E-state index contributed by atoms with van der Waals surface area (Å²) in [6.45, 7) is 3.77. The molecule has 0 fully saturated rings. The molecule has 4 nitrogen and oxygen atoms in total. The van der Waals surface area contributed by atoms with Crippen LogP contribution in [-0.2, 0) is 6.54 Å². The summed E-state index contributed by atoms with van der Waals surface area (Å²) in [5, 5.41) is 12.4. The molecule has 0 amide bonds. The predicted octanol–water partition coefficient (Wildman–Crippen LogP) is 4.08. The van der Waals surface area contributed by atoms with E-state index in [9.17, 15) is 0 Å². The van der Waals surface area contributed by atoms with Gasteiger partial charge in [-0.15, -0.1) is 5.10 Å². The monoisotopic (exact) mass is 311 g/mol. The minimum atomic E-state index is 0.405. The van der Waals surface area contributed by atoms with Crippen LogP contribution in [-0.4, -0.2) is 16.7 Å². The number of rotatable bonds is 6. The second-order valence-electron chi connectivity index (χ2n) is 4.25. The van der Waals surface area contributed by atoms with Crippen molar-refractivity contribution < 1.29 is 4.74 Å². The Hall–Kier alpha value is -1.36. The lowest BCUT2D eigenvalue weighted by Gasteiger charge is -2.06. The van der Waals surface area contributed by atoms with Crippen molar-refractivity contribution >= 4 is 23.2 Å². The first kappa shape index (κ1) is 15.0. The Morgan fingerprint density at radius 3 is 2.45 bits per heavy atom. The van der Waals surface area contributed by atoms with E-state index in [0.717, 1.165) is 18.7 Å². The molecule has 0 unspecified atom stereocenters. The van der Waals surface area contributed by atoms with Crippen LogP contribution < -0.4 is 10.1 Å². The molecular weight excluding hydrogens is 297 g/mol. The van der Waals surface area contributed by atoms with Crippen LogP contribution in [0.3, 0.4) is 0 Å². The van der Waals surface area contributed by atoms with Gasteiger partial charge in [0.1, 0.15) is 5.75 Å². The minimum Gasteiger partial charge on any atom is -0.437 e. The minimum absolute atomic E-state index is 0.405. The predicted molar refractivity (Wildman–Crippen MR) is 80.6 cm³/mol. The van der Waals surface area contributed by atoms with Gasteiger partial charge in [0.05, 0.1) is 5.69 Å². The third kappa shape index (κ3) is 4.63. The summed E-state index contributed by atoms with van der Waals surface area (Å²) >= 11 is 11.8. The van der Waals surface area contributed by atoms with Crippen LogP contribution in [0.15, 0.2) is 30.3 Å². The normalized spacial score (nSPS) is 10.6. The Bertz CT molecular complexity index is 541. The van der Waals surface area contributed by atoms with E-state index in [1.54, 1.807) is 24.3 Å². The maximum atomic E-state index is 5.90. The van der Waals surface area contributed by atoms with Gasteiger partial charge in [0, 0.05) is 22.7 Å². The number of ether oxygens (including phenoxy) is 1. The number of halogens is 2. The molecule has 20 heavy (non-hydrogen) atoms. The maximum absolute atomic E-state index is 5.90. The molecule has 1 heterocycles. The Labute approximate surface area is 128 Å². The number of nitrogens with zero attached hydrogens (tertiary/aromatic N) is 2. The van der Waals surface area contributed by atoms with Gasteiger partial charge in [-0.3, -0.25) is 0 Å². The highest BCUT2D eigenvalue weighted by Gasteiger charge is 2.03. The summed E-state index contributed by atoms with van der Waals surface area (Å²) in [6, 6.07) is 8.63. The number of hydrogen-bond acceptors (Lipinski definition) is 4. The maximum Gasteiger partial charge on any atom is 0.238 e. The number of aromatic nitrogens is 2. The van der Waals surface area contributed by atoms with Crippen LogP contribution >= 0.6 is 23.2 Å². The van der Waals surface area contributed by atoms with Crippen molar-refractivity contribution in [1.82, 2.24) is 15.5 Å². The van der Waals surface area contributed by atoms with Crippen molar-refractivity contribution in [2.24, 2.45) is 0 Å².